The largest absolute Gasteiger partial charge is 0.481 e. The molecule has 1 aromatic rings. The van der Waals surface area contributed by atoms with E-state index in [1.807, 2.05) is 0 Å². The summed E-state index contributed by atoms with van der Waals surface area (Å²) < 4.78 is 0. The molecule has 0 saturated carbocycles. The minimum absolute atomic E-state index is 0.00878. The maximum absolute atomic E-state index is 11.1. The number of carboxylic acids is 3. The lowest BCUT2D eigenvalue weighted by Crippen LogP contribution is -2.31. The quantitative estimate of drug-likeness (QED) is 0.386. The SMILES string of the molecule is O=C(O)CC(c1cc(Cl)ccc1[N+](=O)[O-])C(C(=O)O)C(=O)O. The molecule has 118 valence electrons. The Morgan fingerprint density at radius 1 is 1.18 bits per heavy atom. The van der Waals surface area contributed by atoms with Crippen molar-refractivity contribution in [1.29, 1.82) is 0 Å². The fourth-order valence-electron chi connectivity index (χ4n) is 2.03. The van der Waals surface area contributed by atoms with E-state index in [0.717, 1.165) is 18.2 Å². The molecule has 3 N–H and O–H groups in total. The first-order valence-corrected chi connectivity index (χ1v) is 6.14. The number of carbonyl (C=O) groups is 3. The second kappa shape index (κ2) is 6.85. The number of carboxylic acid groups (broad SMARTS) is 3. The molecule has 0 saturated heterocycles. The van der Waals surface area contributed by atoms with E-state index in [1.165, 1.54) is 0 Å². The minimum Gasteiger partial charge on any atom is -0.481 e. The zero-order chi connectivity index (χ0) is 17.0. The van der Waals surface area contributed by atoms with E-state index < -0.39 is 46.8 Å². The monoisotopic (exact) mass is 331 g/mol. The topological polar surface area (TPSA) is 155 Å². The highest BCUT2D eigenvalue weighted by Crippen LogP contribution is 2.36. The van der Waals surface area contributed by atoms with Crippen molar-refractivity contribution in [3.05, 3.63) is 38.9 Å². The normalized spacial score (nSPS) is 11.9. The summed E-state index contributed by atoms with van der Waals surface area (Å²) in [5.74, 6) is -8.90. The first kappa shape index (κ1) is 17.4. The molecule has 0 heterocycles. The van der Waals surface area contributed by atoms with E-state index in [0.29, 0.717) is 0 Å². The molecule has 1 unspecified atom stereocenters. The van der Waals surface area contributed by atoms with E-state index in [9.17, 15) is 24.5 Å². The molecule has 0 amide bonds. The van der Waals surface area contributed by atoms with Gasteiger partial charge < -0.3 is 15.3 Å². The molecule has 9 nitrogen and oxygen atoms in total. The zero-order valence-corrected chi connectivity index (χ0v) is 11.6. The molecule has 0 fully saturated rings. The van der Waals surface area contributed by atoms with Crippen molar-refractivity contribution in [3.63, 3.8) is 0 Å². The molecule has 10 heteroatoms. The van der Waals surface area contributed by atoms with Gasteiger partial charge >= 0.3 is 17.9 Å². The van der Waals surface area contributed by atoms with Crippen LogP contribution >= 0.6 is 11.6 Å². The van der Waals surface area contributed by atoms with E-state index in [4.69, 9.17) is 26.9 Å². The van der Waals surface area contributed by atoms with Crippen LogP contribution in [-0.2, 0) is 14.4 Å². The minimum atomic E-state index is -2.16. The summed E-state index contributed by atoms with van der Waals surface area (Å²) in [6, 6.07) is 3.14. The van der Waals surface area contributed by atoms with Crippen LogP contribution in [0.3, 0.4) is 0 Å². The summed E-state index contributed by atoms with van der Waals surface area (Å²) in [7, 11) is 0. The summed E-state index contributed by atoms with van der Waals surface area (Å²) >= 11 is 5.70. The van der Waals surface area contributed by atoms with E-state index >= 15 is 0 Å². The predicted molar refractivity (Wildman–Crippen MR) is 71.9 cm³/mol. The Morgan fingerprint density at radius 2 is 1.73 bits per heavy atom. The van der Waals surface area contributed by atoms with E-state index in [-0.39, 0.29) is 10.6 Å². The van der Waals surface area contributed by atoms with Gasteiger partial charge in [-0.25, -0.2) is 0 Å². The lowest BCUT2D eigenvalue weighted by Gasteiger charge is -2.19. The molecule has 0 aliphatic rings. The highest BCUT2D eigenvalue weighted by molar-refractivity contribution is 6.30. The van der Waals surface area contributed by atoms with Gasteiger partial charge in [0.05, 0.1) is 11.3 Å². The lowest BCUT2D eigenvalue weighted by molar-refractivity contribution is -0.385. The van der Waals surface area contributed by atoms with E-state index in [2.05, 4.69) is 0 Å². The van der Waals surface area contributed by atoms with Gasteiger partial charge in [-0.3, -0.25) is 24.5 Å². The second-order valence-corrected chi connectivity index (χ2v) is 4.76. The summed E-state index contributed by atoms with van der Waals surface area (Å²) in [5, 5.41) is 37.9. The zero-order valence-electron chi connectivity index (χ0n) is 10.8. The van der Waals surface area contributed by atoms with Gasteiger partial charge in [0, 0.05) is 22.6 Å². The van der Waals surface area contributed by atoms with Crippen molar-refractivity contribution in [2.24, 2.45) is 5.92 Å². The molecule has 0 radical (unpaired) electrons. The van der Waals surface area contributed by atoms with Gasteiger partial charge in [-0.15, -0.1) is 0 Å². The molecule has 0 aromatic heterocycles. The van der Waals surface area contributed by atoms with Crippen LogP contribution in [0.25, 0.3) is 0 Å². The maximum Gasteiger partial charge on any atom is 0.318 e. The number of nitrogens with zero attached hydrogens (tertiary/aromatic N) is 1. The number of rotatable bonds is 7. The first-order valence-electron chi connectivity index (χ1n) is 5.76. The van der Waals surface area contributed by atoms with Gasteiger partial charge in [0.2, 0.25) is 0 Å². The fourth-order valence-corrected chi connectivity index (χ4v) is 2.21. The van der Waals surface area contributed by atoms with E-state index in [1.54, 1.807) is 0 Å². The Morgan fingerprint density at radius 3 is 2.14 bits per heavy atom. The number of hydrogen-bond acceptors (Lipinski definition) is 5. The fraction of sp³-hybridized carbons (Fsp3) is 0.250. The van der Waals surface area contributed by atoms with Gasteiger partial charge in [0.1, 0.15) is 0 Å². The summed E-state index contributed by atoms with van der Waals surface area (Å²) in [6.07, 6.45) is -0.912. The molecular formula is C12H10ClNO8. The number of hydrogen-bond donors (Lipinski definition) is 3. The average molecular weight is 332 g/mol. The Balaban J connectivity index is 3.54. The highest BCUT2D eigenvalue weighted by Gasteiger charge is 2.40. The summed E-state index contributed by atoms with van der Waals surface area (Å²) in [5.41, 5.74) is -0.946. The van der Waals surface area contributed by atoms with Crippen molar-refractivity contribution in [3.8, 4) is 0 Å². The first-order chi connectivity index (χ1) is 10.1. The Hall–Kier alpha value is -2.68. The molecule has 0 spiro atoms. The van der Waals surface area contributed by atoms with Crippen molar-refractivity contribution in [2.45, 2.75) is 12.3 Å². The van der Waals surface area contributed by atoms with Gasteiger partial charge in [-0.2, -0.15) is 0 Å². The van der Waals surface area contributed by atoms with Crippen LogP contribution in [0, 0.1) is 16.0 Å². The van der Waals surface area contributed by atoms with Crippen LogP contribution in [0.4, 0.5) is 5.69 Å². The van der Waals surface area contributed by atoms with Gasteiger partial charge in [-0.05, 0) is 12.1 Å². The molecule has 1 atom stereocenters. The lowest BCUT2D eigenvalue weighted by atomic mass is 9.82. The maximum atomic E-state index is 11.1. The van der Waals surface area contributed by atoms with Crippen LogP contribution < -0.4 is 0 Å². The molecule has 22 heavy (non-hydrogen) atoms. The van der Waals surface area contributed by atoms with Crippen molar-refractivity contribution >= 4 is 35.2 Å². The number of nitro benzene ring substituents is 1. The standard InChI is InChI=1S/C12H10ClNO8/c13-5-1-2-8(14(21)22)6(3-5)7(4-9(15)16)10(11(17)18)12(19)20/h1-3,7,10H,4H2,(H,15,16)(H,17,18)(H,19,20). The van der Waals surface area contributed by atoms with Crippen LogP contribution in [0.5, 0.6) is 0 Å². The third-order valence-electron chi connectivity index (χ3n) is 2.91. The smallest absolute Gasteiger partial charge is 0.318 e. The third kappa shape index (κ3) is 3.92. The van der Waals surface area contributed by atoms with Gasteiger partial charge in [0.15, 0.2) is 5.92 Å². The van der Waals surface area contributed by atoms with Crippen molar-refractivity contribution in [1.82, 2.24) is 0 Å². The number of nitro groups is 1. The molecule has 1 aromatic carbocycles. The van der Waals surface area contributed by atoms with Crippen LogP contribution in [0.2, 0.25) is 5.02 Å². The van der Waals surface area contributed by atoms with Crippen molar-refractivity contribution in [2.75, 3.05) is 0 Å². The predicted octanol–water partition coefficient (Wildman–Crippen LogP) is 1.59. The second-order valence-electron chi connectivity index (χ2n) is 4.32. The van der Waals surface area contributed by atoms with Gasteiger partial charge in [-0.1, -0.05) is 11.6 Å². The Bertz CT molecular complexity index is 630. The number of aliphatic carboxylic acids is 3. The number of halogens is 1. The average Bonchev–Trinajstić information content (AvgIpc) is 2.35. The molecular weight excluding hydrogens is 322 g/mol. The van der Waals surface area contributed by atoms with Crippen LogP contribution in [0.1, 0.15) is 17.9 Å². The van der Waals surface area contributed by atoms with Crippen LogP contribution in [-0.4, -0.2) is 38.2 Å². The molecule has 0 bridgehead atoms. The third-order valence-corrected chi connectivity index (χ3v) is 3.15. The summed E-state index contributed by atoms with van der Waals surface area (Å²) in [6.45, 7) is 0. The Labute approximate surface area is 127 Å². The summed E-state index contributed by atoms with van der Waals surface area (Å²) in [4.78, 5) is 43.3. The highest BCUT2D eigenvalue weighted by atomic mass is 35.5. The van der Waals surface area contributed by atoms with Gasteiger partial charge in [0.25, 0.3) is 5.69 Å². The molecule has 0 aliphatic carbocycles. The molecule has 1 rings (SSSR count). The number of benzene rings is 1. The van der Waals surface area contributed by atoms with Crippen molar-refractivity contribution < 1.29 is 34.6 Å². The van der Waals surface area contributed by atoms with Crippen LogP contribution in [0.15, 0.2) is 18.2 Å². The molecule has 0 aliphatic heterocycles. The Kier molecular flexibility index (Phi) is 5.41.